The zero-order chi connectivity index (χ0) is 15.1. The van der Waals surface area contributed by atoms with E-state index in [9.17, 15) is 0 Å². The van der Waals surface area contributed by atoms with Crippen molar-refractivity contribution < 1.29 is 5.11 Å². The molecule has 1 aromatic carbocycles. The van der Waals surface area contributed by atoms with E-state index in [0.717, 1.165) is 12.1 Å². The summed E-state index contributed by atoms with van der Waals surface area (Å²) in [5.74, 6) is 5.68. The molecule has 0 unspecified atom stereocenters. The van der Waals surface area contributed by atoms with Gasteiger partial charge < -0.3 is 10.0 Å². The molecule has 3 nitrogen and oxygen atoms in total. The third kappa shape index (κ3) is 4.86. The number of piperidine rings is 1. The van der Waals surface area contributed by atoms with Crippen molar-refractivity contribution in [2.75, 3.05) is 33.3 Å². The normalized spacial score (nSPS) is 16.8. The SMILES string of the molecule is CCN1CCC(N(C)Cc2cccc(C#CCO)c2)CC1. The highest BCUT2D eigenvalue weighted by molar-refractivity contribution is 5.37. The van der Waals surface area contributed by atoms with Crippen LogP contribution >= 0.6 is 0 Å². The average Bonchev–Trinajstić information content (AvgIpc) is 2.53. The van der Waals surface area contributed by atoms with Crippen LogP contribution in [0.1, 0.15) is 30.9 Å². The van der Waals surface area contributed by atoms with Gasteiger partial charge in [0.05, 0.1) is 0 Å². The molecule has 0 aromatic heterocycles. The molecule has 0 atom stereocenters. The van der Waals surface area contributed by atoms with Gasteiger partial charge in [0.1, 0.15) is 6.61 Å². The highest BCUT2D eigenvalue weighted by Crippen LogP contribution is 2.17. The van der Waals surface area contributed by atoms with E-state index < -0.39 is 0 Å². The van der Waals surface area contributed by atoms with Gasteiger partial charge in [-0.3, -0.25) is 4.90 Å². The molecule has 1 aliphatic rings. The largest absolute Gasteiger partial charge is 0.384 e. The van der Waals surface area contributed by atoms with E-state index in [1.807, 2.05) is 12.1 Å². The lowest BCUT2D eigenvalue weighted by molar-refractivity contribution is 0.127. The minimum absolute atomic E-state index is 0.0832. The second kappa shape index (κ2) is 8.19. The van der Waals surface area contributed by atoms with E-state index >= 15 is 0 Å². The molecular formula is C18H26N2O. The number of rotatable bonds is 4. The fraction of sp³-hybridized carbons (Fsp3) is 0.556. The molecular weight excluding hydrogens is 260 g/mol. The number of aliphatic hydroxyl groups excluding tert-OH is 1. The Morgan fingerprint density at radius 1 is 1.33 bits per heavy atom. The maximum atomic E-state index is 8.77. The van der Waals surface area contributed by atoms with Crippen molar-refractivity contribution in [3.63, 3.8) is 0 Å². The summed E-state index contributed by atoms with van der Waals surface area (Å²) < 4.78 is 0. The third-order valence-electron chi connectivity index (χ3n) is 4.30. The fourth-order valence-corrected chi connectivity index (χ4v) is 2.98. The Balaban J connectivity index is 1.92. The molecule has 0 aliphatic carbocycles. The van der Waals surface area contributed by atoms with Gasteiger partial charge in [0, 0.05) is 18.2 Å². The van der Waals surface area contributed by atoms with Gasteiger partial charge in [-0.2, -0.15) is 0 Å². The molecule has 1 N–H and O–H groups in total. The fourth-order valence-electron chi connectivity index (χ4n) is 2.98. The van der Waals surface area contributed by atoms with E-state index in [1.165, 1.54) is 38.0 Å². The van der Waals surface area contributed by atoms with E-state index in [1.54, 1.807) is 0 Å². The van der Waals surface area contributed by atoms with Gasteiger partial charge in [-0.15, -0.1) is 0 Å². The highest BCUT2D eigenvalue weighted by atomic mass is 16.2. The third-order valence-corrected chi connectivity index (χ3v) is 4.30. The van der Waals surface area contributed by atoms with Crippen LogP contribution in [0.15, 0.2) is 24.3 Å². The second-order valence-corrected chi connectivity index (χ2v) is 5.74. The number of hydrogen-bond donors (Lipinski definition) is 1. The standard InChI is InChI=1S/C18H26N2O/c1-3-20-11-9-18(10-12-20)19(2)15-17-7-4-6-16(14-17)8-5-13-21/h4,6-7,14,18,21H,3,9-13,15H2,1-2H3. The number of likely N-dealkylation sites (tertiary alicyclic amines) is 1. The average molecular weight is 286 g/mol. The van der Waals surface area contributed by atoms with Crippen molar-refractivity contribution in [3.8, 4) is 11.8 Å². The Bertz CT molecular complexity index is 495. The van der Waals surface area contributed by atoms with Crippen LogP contribution in [0.4, 0.5) is 0 Å². The quantitative estimate of drug-likeness (QED) is 0.857. The zero-order valence-electron chi connectivity index (χ0n) is 13.2. The number of nitrogens with zero attached hydrogens (tertiary/aromatic N) is 2. The predicted octanol–water partition coefficient (Wildman–Crippen LogP) is 1.95. The monoisotopic (exact) mass is 286 g/mol. The maximum Gasteiger partial charge on any atom is 0.104 e. The van der Waals surface area contributed by atoms with E-state index in [4.69, 9.17) is 5.11 Å². The van der Waals surface area contributed by atoms with Gasteiger partial charge >= 0.3 is 0 Å². The first-order valence-corrected chi connectivity index (χ1v) is 7.84. The maximum absolute atomic E-state index is 8.77. The molecule has 0 spiro atoms. The first kappa shape index (κ1) is 16.0. The lowest BCUT2D eigenvalue weighted by atomic mass is 10.0. The first-order valence-electron chi connectivity index (χ1n) is 7.84. The van der Waals surface area contributed by atoms with Crippen LogP contribution in [0.25, 0.3) is 0 Å². The topological polar surface area (TPSA) is 26.7 Å². The van der Waals surface area contributed by atoms with E-state index in [-0.39, 0.29) is 6.61 Å². The Hall–Kier alpha value is -1.34. The molecule has 1 saturated heterocycles. The summed E-state index contributed by atoms with van der Waals surface area (Å²) in [5.41, 5.74) is 2.27. The molecule has 114 valence electrons. The Morgan fingerprint density at radius 2 is 2.10 bits per heavy atom. The van der Waals surface area contributed by atoms with Crippen LogP contribution in [0, 0.1) is 11.8 Å². The van der Waals surface area contributed by atoms with E-state index in [2.05, 4.69) is 47.7 Å². The van der Waals surface area contributed by atoms with Crippen LogP contribution in [0.3, 0.4) is 0 Å². The molecule has 0 amide bonds. The lowest BCUT2D eigenvalue weighted by Gasteiger charge is -2.36. The van der Waals surface area contributed by atoms with Gasteiger partial charge in [0.25, 0.3) is 0 Å². The van der Waals surface area contributed by atoms with Crippen molar-refractivity contribution >= 4 is 0 Å². The second-order valence-electron chi connectivity index (χ2n) is 5.74. The van der Waals surface area contributed by atoms with Crippen molar-refractivity contribution in [2.45, 2.75) is 32.4 Å². The van der Waals surface area contributed by atoms with Gasteiger partial charge in [-0.1, -0.05) is 30.9 Å². The summed E-state index contributed by atoms with van der Waals surface area (Å²) >= 11 is 0. The van der Waals surface area contributed by atoms with E-state index in [0.29, 0.717) is 6.04 Å². The van der Waals surface area contributed by atoms with Crippen molar-refractivity contribution in [1.82, 2.24) is 9.80 Å². The van der Waals surface area contributed by atoms with Crippen LogP contribution in [0.2, 0.25) is 0 Å². The van der Waals surface area contributed by atoms with Crippen molar-refractivity contribution in [1.29, 1.82) is 0 Å². The Labute approximate surface area is 128 Å². The molecule has 1 fully saturated rings. The number of aliphatic hydroxyl groups is 1. The van der Waals surface area contributed by atoms with Crippen LogP contribution < -0.4 is 0 Å². The van der Waals surface area contributed by atoms with Crippen LogP contribution in [-0.4, -0.2) is 54.2 Å². The molecule has 1 aliphatic heterocycles. The van der Waals surface area contributed by atoms with Crippen molar-refractivity contribution in [3.05, 3.63) is 35.4 Å². The molecule has 1 heterocycles. The summed E-state index contributed by atoms with van der Waals surface area (Å²) in [5, 5.41) is 8.77. The summed E-state index contributed by atoms with van der Waals surface area (Å²) in [6, 6.07) is 9.00. The molecule has 21 heavy (non-hydrogen) atoms. The molecule has 3 heteroatoms. The molecule has 1 aromatic rings. The van der Waals surface area contributed by atoms with Crippen LogP contribution in [-0.2, 0) is 6.54 Å². The van der Waals surface area contributed by atoms with Gasteiger partial charge in [0.2, 0.25) is 0 Å². The minimum atomic E-state index is -0.0832. The Kier molecular flexibility index (Phi) is 6.25. The molecule has 0 saturated carbocycles. The molecule has 0 bridgehead atoms. The summed E-state index contributed by atoms with van der Waals surface area (Å²) in [4.78, 5) is 4.99. The summed E-state index contributed by atoms with van der Waals surface area (Å²) in [7, 11) is 2.22. The molecule has 0 radical (unpaired) electrons. The van der Waals surface area contributed by atoms with Crippen LogP contribution in [0.5, 0.6) is 0 Å². The summed E-state index contributed by atoms with van der Waals surface area (Å²) in [6.45, 7) is 6.72. The Morgan fingerprint density at radius 3 is 2.76 bits per heavy atom. The number of benzene rings is 1. The smallest absolute Gasteiger partial charge is 0.104 e. The van der Waals surface area contributed by atoms with Gasteiger partial charge in [-0.25, -0.2) is 0 Å². The number of hydrogen-bond acceptors (Lipinski definition) is 3. The van der Waals surface area contributed by atoms with Crippen molar-refractivity contribution in [2.24, 2.45) is 0 Å². The van der Waals surface area contributed by atoms with Gasteiger partial charge in [0.15, 0.2) is 0 Å². The summed E-state index contributed by atoms with van der Waals surface area (Å²) in [6.07, 6.45) is 2.52. The first-order chi connectivity index (χ1) is 10.2. The van der Waals surface area contributed by atoms with Gasteiger partial charge in [-0.05, 0) is 57.2 Å². The zero-order valence-corrected chi connectivity index (χ0v) is 13.2. The lowest BCUT2D eigenvalue weighted by Crippen LogP contribution is -2.42. The highest BCUT2D eigenvalue weighted by Gasteiger charge is 2.21. The predicted molar refractivity (Wildman–Crippen MR) is 87.0 cm³/mol. The minimum Gasteiger partial charge on any atom is -0.384 e. The molecule has 2 rings (SSSR count).